The highest BCUT2D eigenvalue weighted by Crippen LogP contribution is 2.22. The normalized spacial score (nSPS) is 21.2. The van der Waals surface area contributed by atoms with Gasteiger partial charge in [0.05, 0.1) is 12.5 Å². The monoisotopic (exact) mass is 993 g/mol. The van der Waals surface area contributed by atoms with Gasteiger partial charge in [-0.3, -0.25) is 38.6 Å². The number of aliphatic imine (C=N–C) groups is 1. The van der Waals surface area contributed by atoms with Crippen LogP contribution in [0.4, 0.5) is 0 Å². The minimum atomic E-state index is -1.36. The molecule has 14 N–H and O–H groups in total. The highest BCUT2D eigenvalue weighted by molar-refractivity contribution is 5.98. The first-order valence-corrected chi connectivity index (χ1v) is 24.6. The molecule has 382 valence electrons. The van der Waals surface area contributed by atoms with Crippen molar-refractivity contribution in [1.29, 1.82) is 0 Å². The summed E-state index contributed by atoms with van der Waals surface area (Å²) in [5.41, 5.74) is 20.4. The standard InChI is InChI=1S/C54H64N12O7/c1-58-49(69)42-17-8-9-23-59-47(67)30-40(55)48(68)64-46(29-38-31-61-41-16-7-6-15-39(38)41)53(73)66-45(28-33-20-22-35-12-3-5-14-37(35)26-33)52(72)63-43(18-10-24-60-54(56)57)50(70)65-44(51(71)62-42)27-32-19-21-34-11-2-4-13-36(34)25-32/h2-7,11-16,19-22,25-26,31,40,42-46,61H,8-10,17-18,23-24,27-30,55H2,1H3,(H,58,69)(H,59,67)(H,62,71)(H,63,72)(H,64,68)(H,65,70)(H,66,73)(H4,56,57,60)/t40-,42-,43-,44-,45+,46-/m0/s1. The zero-order valence-corrected chi connectivity index (χ0v) is 40.7. The number of hydrogen-bond acceptors (Lipinski definition) is 9. The third-order valence-electron chi connectivity index (χ3n) is 12.9. The maximum absolute atomic E-state index is 14.9. The number of aromatic amines is 1. The number of H-pyrrole nitrogens is 1. The average Bonchev–Trinajstić information content (AvgIpc) is 3.79. The summed E-state index contributed by atoms with van der Waals surface area (Å²) < 4.78 is 0. The van der Waals surface area contributed by atoms with E-state index in [0.29, 0.717) is 29.5 Å². The summed E-state index contributed by atoms with van der Waals surface area (Å²) in [6.07, 6.45) is 2.46. The molecule has 0 aliphatic carbocycles. The van der Waals surface area contributed by atoms with Gasteiger partial charge in [0.25, 0.3) is 0 Å². The van der Waals surface area contributed by atoms with Gasteiger partial charge in [0.15, 0.2) is 5.96 Å². The van der Waals surface area contributed by atoms with Crippen LogP contribution in [0.15, 0.2) is 120 Å². The quantitative estimate of drug-likeness (QED) is 0.0508. The summed E-state index contributed by atoms with van der Waals surface area (Å²) in [4.78, 5) is 106. The van der Waals surface area contributed by atoms with Crippen molar-refractivity contribution in [2.75, 3.05) is 20.1 Å². The Morgan fingerprint density at radius 1 is 0.630 bits per heavy atom. The van der Waals surface area contributed by atoms with Gasteiger partial charge < -0.3 is 59.4 Å². The van der Waals surface area contributed by atoms with Crippen molar-refractivity contribution in [3.8, 4) is 0 Å². The second-order valence-electron chi connectivity index (χ2n) is 18.4. The maximum atomic E-state index is 14.9. The number of guanidine groups is 1. The highest BCUT2D eigenvalue weighted by Gasteiger charge is 2.34. The Balaban J connectivity index is 1.26. The first kappa shape index (κ1) is 52.5. The van der Waals surface area contributed by atoms with Crippen molar-refractivity contribution < 1.29 is 33.6 Å². The number of carbonyl (C=O) groups is 7. The number of nitrogens with one attached hydrogen (secondary N) is 8. The molecule has 0 unspecified atom stereocenters. The molecule has 1 aromatic heterocycles. The lowest BCUT2D eigenvalue weighted by atomic mass is 9.98. The van der Waals surface area contributed by atoms with E-state index in [-0.39, 0.29) is 57.6 Å². The molecule has 0 saturated carbocycles. The summed E-state index contributed by atoms with van der Waals surface area (Å²) >= 11 is 0. The van der Waals surface area contributed by atoms with E-state index in [1.54, 1.807) is 6.20 Å². The fraction of sp³-hybridized carbons (Fsp3) is 0.333. The maximum Gasteiger partial charge on any atom is 0.243 e. The summed E-state index contributed by atoms with van der Waals surface area (Å²) in [5.74, 6) is -4.78. The van der Waals surface area contributed by atoms with E-state index in [2.05, 4.69) is 47.2 Å². The van der Waals surface area contributed by atoms with Crippen molar-refractivity contribution in [2.24, 2.45) is 22.2 Å². The van der Waals surface area contributed by atoms with Crippen molar-refractivity contribution in [1.82, 2.24) is 42.2 Å². The molecule has 0 radical (unpaired) electrons. The molecule has 73 heavy (non-hydrogen) atoms. The number of nitrogens with zero attached hydrogens (tertiary/aromatic N) is 1. The van der Waals surface area contributed by atoms with Gasteiger partial charge in [-0.2, -0.15) is 0 Å². The number of amides is 7. The minimum Gasteiger partial charge on any atom is -0.370 e. The molecule has 19 nitrogen and oxygen atoms in total. The van der Waals surface area contributed by atoms with Gasteiger partial charge in [0, 0.05) is 56.5 Å². The molecule has 7 amide bonds. The molecule has 6 atom stereocenters. The molecule has 6 aromatic rings. The minimum absolute atomic E-state index is 0.0000632. The summed E-state index contributed by atoms with van der Waals surface area (Å²) in [5, 5.41) is 24.1. The molecular formula is C54H64N12O7. The zero-order chi connectivity index (χ0) is 51.9. The van der Waals surface area contributed by atoms with E-state index in [1.807, 2.05) is 109 Å². The van der Waals surface area contributed by atoms with Crippen LogP contribution in [0.25, 0.3) is 32.4 Å². The lowest BCUT2D eigenvalue weighted by molar-refractivity contribution is -0.135. The number of likely N-dealkylation sites (N-methyl/N-ethyl adjacent to an activating group) is 1. The van der Waals surface area contributed by atoms with E-state index in [0.717, 1.165) is 32.4 Å². The summed E-state index contributed by atoms with van der Waals surface area (Å²) in [6.45, 7) is 0.282. The van der Waals surface area contributed by atoms with E-state index in [4.69, 9.17) is 17.2 Å². The van der Waals surface area contributed by atoms with E-state index < -0.39 is 84.0 Å². The number of aromatic nitrogens is 1. The molecule has 0 bridgehead atoms. The third-order valence-corrected chi connectivity index (χ3v) is 12.9. The predicted molar refractivity (Wildman–Crippen MR) is 280 cm³/mol. The van der Waals surface area contributed by atoms with Crippen LogP contribution in [-0.4, -0.2) is 109 Å². The number of nitrogens with two attached hydrogens (primary N) is 3. The molecule has 5 aromatic carbocycles. The van der Waals surface area contributed by atoms with Crippen LogP contribution < -0.4 is 54.4 Å². The van der Waals surface area contributed by atoms with Gasteiger partial charge in [-0.1, -0.05) is 103 Å². The van der Waals surface area contributed by atoms with Gasteiger partial charge >= 0.3 is 0 Å². The summed E-state index contributed by atoms with van der Waals surface area (Å²) in [6, 6.07) is 26.6. The number of rotatable bonds is 11. The lowest BCUT2D eigenvalue weighted by Gasteiger charge is -2.27. The molecule has 1 aliphatic heterocycles. The van der Waals surface area contributed by atoms with Crippen LogP contribution in [0, 0.1) is 0 Å². The lowest BCUT2D eigenvalue weighted by Crippen LogP contribution is -2.60. The Bertz CT molecular complexity index is 2990. The van der Waals surface area contributed by atoms with Crippen molar-refractivity contribution in [3.05, 3.63) is 132 Å². The smallest absolute Gasteiger partial charge is 0.243 e. The molecule has 0 spiro atoms. The second-order valence-corrected chi connectivity index (χ2v) is 18.4. The van der Waals surface area contributed by atoms with Crippen molar-refractivity contribution in [3.63, 3.8) is 0 Å². The molecule has 19 heteroatoms. The van der Waals surface area contributed by atoms with Crippen LogP contribution in [-0.2, 0) is 52.8 Å². The van der Waals surface area contributed by atoms with Crippen LogP contribution in [0.5, 0.6) is 0 Å². The Kier molecular flexibility index (Phi) is 18.1. The van der Waals surface area contributed by atoms with Gasteiger partial charge in [-0.15, -0.1) is 0 Å². The average molecular weight is 993 g/mol. The highest BCUT2D eigenvalue weighted by atomic mass is 16.2. The number of para-hydroxylation sites is 1. The number of benzene rings is 5. The Morgan fingerprint density at radius 2 is 1.16 bits per heavy atom. The third kappa shape index (κ3) is 14.6. The van der Waals surface area contributed by atoms with Gasteiger partial charge in [-0.05, 0) is 76.4 Å². The molecule has 7 rings (SSSR count). The Labute approximate surface area is 422 Å². The van der Waals surface area contributed by atoms with E-state index >= 15 is 0 Å². The molecule has 1 aliphatic rings. The van der Waals surface area contributed by atoms with Gasteiger partial charge in [0.1, 0.15) is 30.2 Å². The van der Waals surface area contributed by atoms with Crippen LogP contribution in [0.2, 0.25) is 0 Å². The fourth-order valence-corrected chi connectivity index (χ4v) is 9.00. The summed E-state index contributed by atoms with van der Waals surface area (Å²) in [7, 11) is 1.45. The predicted octanol–water partition coefficient (Wildman–Crippen LogP) is 1.74. The van der Waals surface area contributed by atoms with Gasteiger partial charge in [-0.25, -0.2) is 0 Å². The van der Waals surface area contributed by atoms with Crippen LogP contribution in [0.1, 0.15) is 55.2 Å². The molecular weight excluding hydrogens is 929 g/mol. The van der Waals surface area contributed by atoms with E-state index in [1.165, 1.54) is 7.05 Å². The van der Waals surface area contributed by atoms with Crippen molar-refractivity contribution in [2.45, 2.75) is 94.0 Å². The molecule has 1 fully saturated rings. The van der Waals surface area contributed by atoms with Crippen LogP contribution in [0.3, 0.4) is 0 Å². The number of fused-ring (bicyclic) bond motifs is 3. The van der Waals surface area contributed by atoms with E-state index in [9.17, 15) is 33.6 Å². The Morgan fingerprint density at radius 3 is 1.78 bits per heavy atom. The van der Waals surface area contributed by atoms with Crippen molar-refractivity contribution >= 4 is 79.8 Å². The molecule has 1 saturated heterocycles. The fourth-order valence-electron chi connectivity index (χ4n) is 9.00. The first-order valence-electron chi connectivity index (χ1n) is 24.6. The number of carbonyl (C=O) groups excluding carboxylic acids is 7. The zero-order valence-electron chi connectivity index (χ0n) is 40.7. The number of hydrogen-bond donors (Lipinski definition) is 11. The van der Waals surface area contributed by atoms with Gasteiger partial charge in [0.2, 0.25) is 41.4 Å². The first-order chi connectivity index (χ1) is 35.2. The topological polar surface area (TPSA) is 310 Å². The van der Waals surface area contributed by atoms with Crippen LogP contribution >= 0.6 is 0 Å². The largest absolute Gasteiger partial charge is 0.370 e. The SMILES string of the molecule is CNC(=O)[C@@H]1CCCCNC(=O)C[C@H](N)C(=O)N[C@@H](Cc2c[nH]c3ccccc23)C(=O)N[C@H](Cc2ccc3ccccc3c2)C(=O)N[C@@H](CCCN=C(N)N)C(=O)N[C@@H](Cc2ccc3ccccc3c2)C(=O)N1. The molecule has 2 heterocycles. The second kappa shape index (κ2) is 25.2. The Hall–Kier alpha value is -8.32.